The number of nitrogens with zero attached hydrogens (tertiary/aromatic N) is 15. The van der Waals surface area contributed by atoms with Gasteiger partial charge in [-0.25, -0.2) is 44.9 Å². The molecule has 0 amide bonds. The molecule has 0 aliphatic carbocycles. The molecule has 0 atom stereocenters. The van der Waals surface area contributed by atoms with Crippen molar-refractivity contribution in [1.29, 1.82) is 0 Å². The molecule has 15 nitrogen and oxygen atoms in total. The van der Waals surface area contributed by atoms with Crippen LogP contribution in [0.1, 0.15) is 0 Å². The van der Waals surface area contributed by atoms with Crippen LogP contribution in [0.2, 0.25) is 0 Å². The van der Waals surface area contributed by atoms with E-state index in [1.165, 1.54) is 0 Å². The van der Waals surface area contributed by atoms with Gasteiger partial charge in [-0.15, -0.1) is 0 Å². The van der Waals surface area contributed by atoms with Crippen LogP contribution in [-0.4, -0.2) is 66.2 Å². The lowest BCUT2D eigenvalue weighted by atomic mass is 9.56. The fraction of sp³-hybridized carbons (Fsp3) is 0. The van der Waals surface area contributed by atoms with E-state index >= 15 is 0 Å². The van der Waals surface area contributed by atoms with Crippen molar-refractivity contribution in [2.75, 3.05) is 28.6 Å². The summed E-state index contributed by atoms with van der Waals surface area (Å²) in [4.78, 5) is 55.8. The summed E-state index contributed by atoms with van der Waals surface area (Å²) in [6.07, 6.45) is 5.52. The van der Waals surface area contributed by atoms with Crippen LogP contribution >= 0.6 is 0 Å². The Morgan fingerprint density at radius 1 is 0.235 bits per heavy atom. The van der Waals surface area contributed by atoms with Crippen LogP contribution in [0.4, 0.5) is 52.4 Å². The Bertz CT molecular complexity index is 3710. The zero-order valence-corrected chi connectivity index (χ0v) is 43.2. The van der Waals surface area contributed by atoms with E-state index in [1.807, 2.05) is 146 Å². The number of benzene rings is 6. The standard InChI is InChI=1S/C63H42B3N15/c1-7-22-43(23-8-1)49-40-50(44-24-9-2-10-25-44)71-61(70-49)76-55-34-19-37-67-58(55)79-64(76)80-59-56(35-20-38-68-59)77(62-72-51(45-26-11-3-12-27-45)41-52(73-62)46-28-13-4-14-29-46)66(80)81-60-57(36-21-39-69-60)78(65(79)81)63-74-53(47-30-15-5-16-31-47)42-54(75-63)48-32-17-6-18-33-48/h1-42H. The van der Waals surface area contributed by atoms with Crippen LogP contribution in [0.15, 0.2) is 255 Å². The van der Waals surface area contributed by atoms with E-state index in [1.54, 1.807) is 0 Å². The third kappa shape index (κ3) is 7.59. The predicted molar refractivity (Wildman–Crippen MR) is 323 cm³/mol. The summed E-state index contributed by atoms with van der Waals surface area (Å²) in [7, 11) is -2.28. The molecule has 18 heteroatoms. The molecule has 10 heterocycles. The largest absolute Gasteiger partial charge is 0.494 e. The van der Waals surface area contributed by atoms with E-state index in [2.05, 4.69) is 138 Å². The summed E-state index contributed by atoms with van der Waals surface area (Å²) in [6, 6.07) is 79.9. The highest BCUT2D eigenvalue weighted by Crippen LogP contribution is 2.56. The number of hydrogen-bond acceptors (Lipinski definition) is 15. The van der Waals surface area contributed by atoms with Gasteiger partial charge in [-0.2, -0.15) is 0 Å². The van der Waals surface area contributed by atoms with Gasteiger partial charge in [-0.3, -0.25) is 0 Å². The predicted octanol–water partition coefficient (Wildman–Crippen LogP) is 12.5. The van der Waals surface area contributed by atoms with E-state index in [4.69, 9.17) is 44.9 Å². The minimum atomic E-state index is -0.761. The van der Waals surface area contributed by atoms with Crippen molar-refractivity contribution >= 4 is 73.7 Å². The van der Waals surface area contributed by atoms with Crippen molar-refractivity contribution in [2.45, 2.75) is 0 Å². The van der Waals surface area contributed by atoms with E-state index in [0.717, 1.165) is 84.6 Å². The Morgan fingerprint density at radius 2 is 0.444 bits per heavy atom. The zero-order chi connectivity index (χ0) is 53.4. The highest BCUT2D eigenvalue weighted by atomic mass is 15.6. The zero-order valence-electron chi connectivity index (χ0n) is 43.2. The molecule has 0 unspecified atom stereocenters. The molecule has 16 rings (SSSR count). The van der Waals surface area contributed by atoms with Crippen molar-refractivity contribution in [2.24, 2.45) is 0 Å². The molecular weight excluding hydrogens is 999 g/mol. The van der Waals surface area contributed by atoms with Crippen LogP contribution in [0.25, 0.3) is 67.5 Å². The van der Waals surface area contributed by atoms with Crippen molar-refractivity contribution in [3.05, 3.63) is 255 Å². The van der Waals surface area contributed by atoms with Gasteiger partial charge in [0.2, 0.25) is 17.8 Å². The van der Waals surface area contributed by atoms with Gasteiger partial charge in [0.05, 0.1) is 51.2 Å². The molecule has 0 radical (unpaired) electrons. The van der Waals surface area contributed by atoms with Gasteiger partial charge < -0.3 is 28.6 Å². The highest BCUT2D eigenvalue weighted by molar-refractivity contribution is 7.11. The van der Waals surface area contributed by atoms with E-state index < -0.39 is 21.4 Å². The molecule has 1 saturated heterocycles. The molecule has 0 bridgehead atoms. The second-order valence-electron chi connectivity index (χ2n) is 19.9. The monoisotopic (exact) mass is 1040 g/mol. The Hall–Kier alpha value is -11.0. The SMILES string of the molecule is c1ccc(-c2cc(-c3ccccc3)nc(N3B4N(B5N(B6N4c4ncccc4N6c4nc(-c6ccccc6)cc(-c6ccccc6)n4)c4ncccc4N5c4nc(-c5ccccc5)cc(-c5ccccc5)n4)c4ncccc43)n2)cc1. The summed E-state index contributed by atoms with van der Waals surface area (Å²) >= 11 is 0. The first-order valence-corrected chi connectivity index (χ1v) is 26.8. The normalized spacial score (nSPS) is 13.7. The molecule has 6 aromatic heterocycles. The molecule has 12 aromatic rings. The number of rotatable bonds is 9. The summed E-state index contributed by atoms with van der Waals surface area (Å²) in [6.45, 7) is 0. The summed E-state index contributed by atoms with van der Waals surface area (Å²) in [5.74, 6) is 3.41. The second kappa shape index (κ2) is 18.9. The summed E-state index contributed by atoms with van der Waals surface area (Å²) < 4.78 is 6.94. The van der Waals surface area contributed by atoms with Gasteiger partial charge in [0.1, 0.15) is 17.5 Å². The van der Waals surface area contributed by atoms with E-state index in [9.17, 15) is 0 Å². The fourth-order valence-electron chi connectivity index (χ4n) is 11.7. The van der Waals surface area contributed by atoms with Crippen LogP contribution in [-0.2, 0) is 0 Å². The van der Waals surface area contributed by atoms with Crippen LogP contribution < -0.4 is 28.6 Å². The first-order valence-electron chi connectivity index (χ1n) is 26.8. The molecule has 4 aliphatic heterocycles. The van der Waals surface area contributed by atoms with Crippen LogP contribution in [0.5, 0.6) is 0 Å². The molecule has 378 valence electrons. The number of pyridine rings is 3. The summed E-state index contributed by atoms with van der Waals surface area (Å²) in [5, 5.41) is 0. The second-order valence-corrected chi connectivity index (χ2v) is 19.9. The fourth-order valence-corrected chi connectivity index (χ4v) is 11.7. The van der Waals surface area contributed by atoms with Crippen molar-refractivity contribution in [3.63, 3.8) is 0 Å². The third-order valence-corrected chi connectivity index (χ3v) is 15.2. The average molecular weight is 1040 g/mol. The minimum Gasteiger partial charge on any atom is -0.366 e. The van der Waals surface area contributed by atoms with Gasteiger partial charge in [-0.05, 0) is 54.6 Å². The summed E-state index contributed by atoms with van der Waals surface area (Å²) in [5.41, 5.74) is 12.6. The smallest absolute Gasteiger partial charge is 0.366 e. The van der Waals surface area contributed by atoms with Crippen molar-refractivity contribution in [1.82, 2.24) is 44.9 Å². The van der Waals surface area contributed by atoms with Gasteiger partial charge >= 0.3 is 21.4 Å². The lowest BCUT2D eigenvalue weighted by Gasteiger charge is -2.49. The lowest BCUT2D eigenvalue weighted by molar-refractivity contribution is 1.10. The van der Waals surface area contributed by atoms with Crippen LogP contribution in [0, 0.1) is 0 Å². The average Bonchev–Trinajstić information content (AvgIpc) is 4.39. The Morgan fingerprint density at radius 3 is 0.654 bits per heavy atom. The maximum absolute atomic E-state index is 5.54. The molecule has 4 aliphatic rings. The molecule has 1 fully saturated rings. The van der Waals surface area contributed by atoms with E-state index in [0.29, 0.717) is 35.3 Å². The Kier molecular flexibility index (Phi) is 10.8. The molecule has 6 aromatic carbocycles. The molecule has 0 saturated carbocycles. The first-order chi connectivity index (χ1) is 40.2. The first kappa shape index (κ1) is 46.1. The molecular formula is C63H42B3N15. The number of anilines is 9. The minimum absolute atomic E-state index is 0.461. The quantitative estimate of drug-likeness (QED) is 0.127. The number of hydrogen-bond donors (Lipinski definition) is 0. The topological polar surface area (TPSA) is 135 Å². The number of aromatic nitrogens is 9. The Labute approximate surface area is 467 Å². The molecule has 81 heavy (non-hydrogen) atoms. The molecule has 0 spiro atoms. The highest BCUT2D eigenvalue weighted by Gasteiger charge is 2.72. The maximum atomic E-state index is 5.54. The third-order valence-electron chi connectivity index (χ3n) is 15.2. The van der Waals surface area contributed by atoms with Crippen LogP contribution in [0.3, 0.4) is 0 Å². The van der Waals surface area contributed by atoms with Crippen molar-refractivity contribution in [3.8, 4) is 67.5 Å². The van der Waals surface area contributed by atoms with Gasteiger partial charge in [0.25, 0.3) is 0 Å². The maximum Gasteiger partial charge on any atom is 0.494 e. The van der Waals surface area contributed by atoms with Gasteiger partial charge in [0, 0.05) is 52.0 Å². The lowest BCUT2D eigenvalue weighted by Crippen LogP contribution is -2.84. The van der Waals surface area contributed by atoms with Crippen molar-refractivity contribution < 1.29 is 0 Å². The molecule has 0 N–H and O–H groups in total. The van der Waals surface area contributed by atoms with Gasteiger partial charge in [0.15, 0.2) is 0 Å². The van der Waals surface area contributed by atoms with E-state index in [-0.39, 0.29) is 0 Å². The number of fused-ring (bicyclic) bond motifs is 12. The van der Waals surface area contributed by atoms with Gasteiger partial charge in [-0.1, -0.05) is 182 Å². The Balaban J connectivity index is 0.985.